The lowest BCUT2D eigenvalue weighted by molar-refractivity contribution is -0.145. The van der Waals surface area contributed by atoms with Gasteiger partial charge >= 0.3 is 12.0 Å². The van der Waals surface area contributed by atoms with Gasteiger partial charge in [0.2, 0.25) is 0 Å². The number of nitrogens with one attached hydrogen (secondary N) is 2. The van der Waals surface area contributed by atoms with E-state index >= 15 is 0 Å². The first-order valence-corrected chi connectivity index (χ1v) is 11.5. The molecule has 3 rings (SSSR count). The number of hydrogen-bond acceptors (Lipinski definition) is 7. The zero-order valence-corrected chi connectivity index (χ0v) is 19.5. The largest absolute Gasteiger partial charge is 0.455 e. The Morgan fingerprint density at radius 3 is 2.47 bits per heavy atom. The lowest BCUT2D eigenvalue weighted by Crippen LogP contribution is -2.42. The molecule has 2 aromatic carbocycles. The number of esters is 1. The van der Waals surface area contributed by atoms with Crippen LogP contribution in [0, 0.1) is 11.7 Å². The van der Waals surface area contributed by atoms with Gasteiger partial charge in [-0.05, 0) is 30.2 Å². The Labute approximate surface area is 200 Å². The molecule has 1 heterocycles. The summed E-state index contributed by atoms with van der Waals surface area (Å²) in [4.78, 5) is 35.5. The maximum absolute atomic E-state index is 14.4. The van der Waals surface area contributed by atoms with Crippen molar-refractivity contribution in [3.63, 3.8) is 0 Å². The molecule has 0 atom stereocenters. The first-order valence-electron chi connectivity index (χ1n) is 10.5. The minimum Gasteiger partial charge on any atom is -0.455 e. The van der Waals surface area contributed by atoms with Crippen molar-refractivity contribution in [2.45, 2.75) is 19.0 Å². The number of urea groups is 1. The van der Waals surface area contributed by atoms with Crippen molar-refractivity contribution >= 4 is 29.7 Å². The fourth-order valence-corrected chi connectivity index (χ4v) is 3.55. The maximum atomic E-state index is 14.4. The molecule has 9 nitrogen and oxygen atoms in total. The van der Waals surface area contributed by atoms with Gasteiger partial charge in [0, 0.05) is 12.2 Å². The third-order valence-corrected chi connectivity index (χ3v) is 5.27. The van der Waals surface area contributed by atoms with Crippen molar-refractivity contribution in [2.75, 3.05) is 18.9 Å². The van der Waals surface area contributed by atoms with Crippen LogP contribution in [0.25, 0.3) is 17.1 Å². The van der Waals surface area contributed by atoms with E-state index in [1.165, 1.54) is 6.07 Å². The van der Waals surface area contributed by atoms with Crippen LogP contribution in [0.2, 0.25) is 0 Å². The zero-order chi connectivity index (χ0) is 24.5. The maximum Gasteiger partial charge on any atom is 0.321 e. The van der Waals surface area contributed by atoms with E-state index < -0.39 is 30.3 Å². The fraction of sp³-hybridized carbons (Fsp3) is 0.261. The Morgan fingerprint density at radius 2 is 1.76 bits per heavy atom. The molecule has 2 N–H and O–H groups in total. The van der Waals surface area contributed by atoms with Crippen LogP contribution < -0.4 is 10.6 Å². The molecule has 0 saturated heterocycles. The number of hydrogen-bond donors (Lipinski definition) is 2. The van der Waals surface area contributed by atoms with Crippen molar-refractivity contribution < 1.29 is 23.5 Å². The number of halogens is 1. The van der Waals surface area contributed by atoms with Crippen molar-refractivity contribution in [1.29, 1.82) is 0 Å². The smallest absolute Gasteiger partial charge is 0.321 e. The fourth-order valence-electron chi connectivity index (χ4n) is 2.81. The van der Waals surface area contributed by atoms with Crippen LogP contribution in [0.1, 0.15) is 13.8 Å². The van der Waals surface area contributed by atoms with E-state index in [1.807, 2.05) is 44.2 Å². The number of nitrogens with zero attached hydrogens (tertiary/aromatic N) is 3. The van der Waals surface area contributed by atoms with E-state index in [1.54, 1.807) is 22.8 Å². The third kappa shape index (κ3) is 6.88. The summed E-state index contributed by atoms with van der Waals surface area (Å²) in [6.07, 6.45) is 0. The van der Waals surface area contributed by atoms with E-state index in [4.69, 9.17) is 4.74 Å². The van der Waals surface area contributed by atoms with Gasteiger partial charge in [-0.1, -0.05) is 55.9 Å². The molecule has 0 bridgehead atoms. The SMILES string of the molecule is CC(C)CNC(=O)NC(=O)COC(=O)CSc1nnc(-c2ccccc2F)n1-c1ccccc1. The monoisotopic (exact) mass is 485 g/mol. The van der Waals surface area contributed by atoms with Gasteiger partial charge in [-0.25, -0.2) is 9.18 Å². The average molecular weight is 486 g/mol. The minimum absolute atomic E-state index is 0.172. The second kappa shape index (κ2) is 11.9. The van der Waals surface area contributed by atoms with Gasteiger partial charge < -0.3 is 10.1 Å². The van der Waals surface area contributed by atoms with Gasteiger partial charge in [0.1, 0.15) is 5.82 Å². The van der Waals surface area contributed by atoms with Crippen molar-refractivity contribution in [1.82, 2.24) is 25.4 Å². The van der Waals surface area contributed by atoms with Gasteiger partial charge in [0.25, 0.3) is 5.91 Å². The Bertz CT molecular complexity index is 1150. The summed E-state index contributed by atoms with van der Waals surface area (Å²) in [6.45, 7) is 3.64. The number of carbonyl (C=O) groups is 3. The molecular weight excluding hydrogens is 461 g/mol. The van der Waals surface area contributed by atoms with Crippen molar-refractivity contribution in [3.05, 3.63) is 60.4 Å². The predicted molar refractivity (Wildman–Crippen MR) is 125 cm³/mol. The second-order valence-corrected chi connectivity index (χ2v) is 8.50. The molecule has 0 unspecified atom stereocenters. The molecule has 0 aliphatic rings. The molecule has 0 saturated carbocycles. The summed E-state index contributed by atoms with van der Waals surface area (Å²) < 4.78 is 21.0. The molecule has 0 radical (unpaired) electrons. The Hall–Kier alpha value is -3.73. The van der Waals surface area contributed by atoms with Crippen LogP contribution in [-0.2, 0) is 14.3 Å². The quantitative estimate of drug-likeness (QED) is 0.353. The standard InChI is InChI=1S/C23H24FN5O4S/c1-15(2)12-25-22(32)26-19(30)13-33-20(31)14-34-23-28-27-21(17-10-6-7-11-18(17)24)29(23)16-8-4-3-5-9-16/h3-11,15H,12-14H2,1-2H3,(H2,25,26,30,32). The highest BCUT2D eigenvalue weighted by molar-refractivity contribution is 7.99. The minimum atomic E-state index is -0.742. The number of benzene rings is 2. The number of aromatic nitrogens is 3. The van der Waals surface area contributed by atoms with Crippen LogP contribution in [-0.4, -0.2) is 51.6 Å². The van der Waals surface area contributed by atoms with Crippen LogP contribution >= 0.6 is 11.8 Å². The van der Waals surface area contributed by atoms with Crippen LogP contribution in [0.15, 0.2) is 59.8 Å². The van der Waals surface area contributed by atoms with E-state index in [2.05, 4.69) is 20.8 Å². The third-order valence-electron chi connectivity index (χ3n) is 4.37. The van der Waals surface area contributed by atoms with Gasteiger partial charge in [-0.3, -0.25) is 19.5 Å². The first-order chi connectivity index (χ1) is 16.3. The van der Waals surface area contributed by atoms with Gasteiger partial charge in [0.05, 0.1) is 11.3 Å². The highest BCUT2D eigenvalue weighted by Gasteiger charge is 2.20. The van der Waals surface area contributed by atoms with Gasteiger partial charge in [-0.15, -0.1) is 10.2 Å². The number of para-hydroxylation sites is 1. The molecule has 11 heteroatoms. The van der Waals surface area contributed by atoms with E-state index in [0.717, 1.165) is 11.8 Å². The number of thioether (sulfide) groups is 1. The van der Waals surface area contributed by atoms with Crippen LogP contribution in [0.5, 0.6) is 0 Å². The zero-order valence-electron chi connectivity index (χ0n) is 18.7. The molecule has 3 amide bonds. The van der Waals surface area contributed by atoms with Crippen LogP contribution in [0.4, 0.5) is 9.18 Å². The van der Waals surface area contributed by atoms with Crippen molar-refractivity contribution in [2.24, 2.45) is 5.92 Å². The highest BCUT2D eigenvalue weighted by atomic mass is 32.2. The topological polar surface area (TPSA) is 115 Å². The predicted octanol–water partition coefficient (Wildman–Crippen LogP) is 3.19. The number of rotatable bonds is 9. The summed E-state index contributed by atoms with van der Waals surface area (Å²) in [5.74, 6) is -1.53. The highest BCUT2D eigenvalue weighted by Crippen LogP contribution is 2.29. The summed E-state index contributed by atoms with van der Waals surface area (Å²) in [5, 5.41) is 13.2. The summed E-state index contributed by atoms with van der Waals surface area (Å²) in [5.41, 5.74) is 0.953. The summed E-state index contributed by atoms with van der Waals surface area (Å²) >= 11 is 1.03. The molecule has 3 aromatic rings. The molecule has 178 valence electrons. The molecular formula is C23H24FN5O4S. The summed E-state index contributed by atoms with van der Waals surface area (Å²) in [7, 11) is 0. The van der Waals surface area contributed by atoms with E-state index in [9.17, 15) is 18.8 Å². The molecule has 0 aliphatic carbocycles. The van der Waals surface area contributed by atoms with Gasteiger partial charge in [0.15, 0.2) is 17.6 Å². The lowest BCUT2D eigenvalue weighted by atomic mass is 10.2. The first kappa shape index (κ1) is 24.9. The number of amides is 3. The molecule has 34 heavy (non-hydrogen) atoms. The normalized spacial score (nSPS) is 10.7. The van der Waals surface area contributed by atoms with Crippen molar-refractivity contribution in [3.8, 4) is 17.1 Å². The average Bonchev–Trinajstić information content (AvgIpc) is 3.24. The Kier molecular flexibility index (Phi) is 8.74. The summed E-state index contributed by atoms with van der Waals surface area (Å²) in [6, 6.07) is 14.6. The van der Waals surface area contributed by atoms with Crippen LogP contribution in [0.3, 0.4) is 0 Å². The number of imide groups is 1. The Balaban J connectivity index is 1.64. The lowest BCUT2D eigenvalue weighted by Gasteiger charge is -2.11. The molecule has 1 aromatic heterocycles. The second-order valence-electron chi connectivity index (χ2n) is 7.56. The molecule has 0 spiro atoms. The number of ether oxygens (including phenoxy) is 1. The Morgan fingerprint density at radius 1 is 1.06 bits per heavy atom. The van der Waals surface area contributed by atoms with Gasteiger partial charge in [-0.2, -0.15) is 0 Å². The molecule has 0 aliphatic heterocycles. The number of carbonyl (C=O) groups excluding carboxylic acids is 3. The van der Waals surface area contributed by atoms with E-state index in [0.29, 0.717) is 17.4 Å². The molecule has 0 fully saturated rings. The van der Waals surface area contributed by atoms with E-state index in [-0.39, 0.29) is 23.1 Å².